The first-order valence-electron chi connectivity index (χ1n) is 9.00. The minimum atomic E-state index is -0.417. The second-order valence-corrected chi connectivity index (χ2v) is 7.24. The van der Waals surface area contributed by atoms with E-state index in [2.05, 4.69) is 10.2 Å². The summed E-state index contributed by atoms with van der Waals surface area (Å²) in [5.41, 5.74) is 1.37. The molecule has 1 aliphatic rings. The Labute approximate surface area is 162 Å². The lowest BCUT2D eigenvalue weighted by molar-refractivity contribution is 0.303. The molecule has 1 saturated carbocycles. The minimum Gasteiger partial charge on any atom is -0.493 e. The second kappa shape index (κ2) is 7.93. The maximum Gasteiger partial charge on any atom is 0.281 e. The van der Waals surface area contributed by atoms with E-state index in [-0.39, 0.29) is 23.2 Å². The number of hydrogen-bond acceptors (Lipinski definition) is 5. The third-order valence-corrected chi connectivity index (χ3v) is 5.56. The molecule has 7 heteroatoms. The zero-order valence-electron chi connectivity index (χ0n) is 15.4. The number of hydrogen-bond donors (Lipinski definition) is 1. The number of halogens is 1. The highest BCUT2D eigenvalue weighted by Crippen LogP contribution is 2.35. The third kappa shape index (κ3) is 3.60. The Bertz CT molecular complexity index is 999. The van der Waals surface area contributed by atoms with Gasteiger partial charge < -0.3 is 5.11 Å². The fraction of sp³-hybridized carbons (Fsp3) is 0.400. The summed E-state index contributed by atoms with van der Waals surface area (Å²) in [6, 6.07) is 7.14. The molecule has 1 N–H and O–H groups in total. The van der Waals surface area contributed by atoms with Gasteiger partial charge in [-0.1, -0.05) is 36.9 Å². The van der Waals surface area contributed by atoms with Crippen molar-refractivity contribution in [3.8, 4) is 11.9 Å². The summed E-state index contributed by atoms with van der Waals surface area (Å²) in [5, 5.41) is 28.9. The van der Waals surface area contributed by atoms with Crippen molar-refractivity contribution in [3.63, 3.8) is 0 Å². The van der Waals surface area contributed by atoms with Gasteiger partial charge >= 0.3 is 0 Å². The highest BCUT2D eigenvalue weighted by molar-refractivity contribution is 6.31. The van der Waals surface area contributed by atoms with E-state index in [1.54, 1.807) is 25.1 Å². The first kappa shape index (κ1) is 19.1. The fourth-order valence-corrected chi connectivity index (χ4v) is 3.68. The van der Waals surface area contributed by atoms with Gasteiger partial charge in [0.25, 0.3) is 5.56 Å². The summed E-state index contributed by atoms with van der Waals surface area (Å²) in [7, 11) is 0. The van der Waals surface area contributed by atoms with Crippen LogP contribution in [0.4, 0.5) is 11.4 Å². The Morgan fingerprint density at radius 3 is 2.56 bits per heavy atom. The molecule has 1 aromatic carbocycles. The minimum absolute atomic E-state index is 0.0666. The number of nitriles is 1. The summed E-state index contributed by atoms with van der Waals surface area (Å²) in [5.74, 6) is -0.273. The summed E-state index contributed by atoms with van der Waals surface area (Å²) in [6.45, 7) is 3.42. The first-order chi connectivity index (χ1) is 13.0. The molecule has 0 amide bonds. The first-order valence-corrected chi connectivity index (χ1v) is 9.38. The maximum atomic E-state index is 13.1. The van der Waals surface area contributed by atoms with Crippen LogP contribution in [0.1, 0.15) is 54.8 Å². The average Bonchev–Trinajstić information content (AvgIpc) is 2.66. The van der Waals surface area contributed by atoms with Gasteiger partial charge in [0, 0.05) is 16.6 Å². The smallest absolute Gasteiger partial charge is 0.281 e. The zero-order valence-corrected chi connectivity index (χ0v) is 16.1. The number of pyridine rings is 1. The van der Waals surface area contributed by atoms with Crippen molar-refractivity contribution in [1.29, 1.82) is 5.26 Å². The quantitative estimate of drug-likeness (QED) is 0.696. The summed E-state index contributed by atoms with van der Waals surface area (Å²) >= 11 is 6.11. The van der Waals surface area contributed by atoms with Crippen LogP contribution in [-0.4, -0.2) is 9.67 Å². The van der Waals surface area contributed by atoms with Gasteiger partial charge in [-0.3, -0.25) is 9.36 Å². The van der Waals surface area contributed by atoms with Gasteiger partial charge in [-0.15, -0.1) is 5.11 Å². The van der Waals surface area contributed by atoms with Crippen LogP contribution in [0.5, 0.6) is 5.88 Å². The SMILES string of the molecule is Cc1c(Cl)cccc1N=Nc1c(C)c(C#N)c(O)n(C2CCCCC2)c1=O. The molecule has 0 unspecified atom stereocenters. The van der Waals surface area contributed by atoms with E-state index in [4.69, 9.17) is 11.6 Å². The largest absolute Gasteiger partial charge is 0.493 e. The van der Waals surface area contributed by atoms with Crippen molar-refractivity contribution >= 4 is 23.0 Å². The number of azo groups is 1. The average molecular weight is 385 g/mol. The maximum absolute atomic E-state index is 13.1. The van der Waals surface area contributed by atoms with Crippen LogP contribution in [0.2, 0.25) is 5.02 Å². The molecule has 1 aliphatic carbocycles. The van der Waals surface area contributed by atoms with Crippen LogP contribution in [0, 0.1) is 25.2 Å². The van der Waals surface area contributed by atoms with Crippen LogP contribution in [0.15, 0.2) is 33.2 Å². The molecule has 0 aliphatic heterocycles. The molecule has 1 aromatic heterocycles. The summed E-state index contributed by atoms with van der Waals surface area (Å²) in [4.78, 5) is 13.1. The standard InChI is InChI=1S/C20H21ClN4O2/c1-12-15(11-22)19(26)25(14-7-4-3-5-8-14)20(27)18(12)24-23-17-10-6-9-16(21)13(17)2/h6,9-10,14,26H,3-5,7-8H2,1-2H3. The molecular formula is C20H21ClN4O2. The molecule has 1 fully saturated rings. The molecule has 0 bridgehead atoms. The van der Waals surface area contributed by atoms with Crippen molar-refractivity contribution in [3.05, 3.63) is 50.3 Å². The van der Waals surface area contributed by atoms with Gasteiger partial charge in [-0.2, -0.15) is 10.4 Å². The zero-order chi connectivity index (χ0) is 19.6. The van der Waals surface area contributed by atoms with Crippen LogP contribution in [0.3, 0.4) is 0 Å². The van der Waals surface area contributed by atoms with Gasteiger partial charge in [0.1, 0.15) is 11.6 Å². The number of aromatic nitrogens is 1. The van der Waals surface area contributed by atoms with E-state index >= 15 is 0 Å². The van der Waals surface area contributed by atoms with Gasteiger partial charge in [-0.25, -0.2) is 0 Å². The van der Waals surface area contributed by atoms with E-state index in [0.29, 0.717) is 16.3 Å². The number of aromatic hydroxyl groups is 1. The van der Waals surface area contributed by atoms with Gasteiger partial charge in [-0.05, 0) is 44.4 Å². The van der Waals surface area contributed by atoms with E-state index in [1.165, 1.54) is 4.57 Å². The van der Waals surface area contributed by atoms with E-state index < -0.39 is 5.56 Å². The highest BCUT2D eigenvalue weighted by Gasteiger charge is 2.25. The highest BCUT2D eigenvalue weighted by atomic mass is 35.5. The monoisotopic (exact) mass is 384 g/mol. The Kier molecular flexibility index (Phi) is 5.62. The van der Waals surface area contributed by atoms with Crippen molar-refractivity contribution in [1.82, 2.24) is 4.57 Å². The Balaban J connectivity index is 2.15. The summed E-state index contributed by atoms with van der Waals surface area (Å²) in [6.07, 6.45) is 4.69. The lowest BCUT2D eigenvalue weighted by Crippen LogP contribution is -2.27. The van der Waals surface area contributed by atoms with Crippen molar-refractivity contribution < 1.29 is 5.11 Å². The van der Waals surface area contributed by atoms with Gasteiger partial charge in [0.05, 0.1) is 5.69 Å². The Morgan fingerprint density at radius 2 is 1.89 bits per heavy atom. The van der Waals surface area contributed by atoms with Crippen LogP contribution in [0.25, 0.3) is 0 Å². The molecule has 0 atom stereocenters. The van der Waals surface area contributed by atoms with E-state index in [0.717, 1.165) is 37.7 Å². The molecule has 0 spiro atoms. The predicted octanol–water partition coefficient (Wildman–Crippen LogP) is 5.62. The Hall–Kier alpha value is -2.65. The molecule has 27 heavy (non-hydrogen) atoms. The molecule has 2 aromatic rings. The van der Waals surface area contributed by atoms with Crippen molar-refractivity contribution in [2.24, 2.45) is 10.2 Å². The molecule has 0 radical (unpaired) electrons. The molecular weight excluding hydrogens is 364 g/mol. The second-order valence-electron chi connectivity index (χ2n) is 6.83. The Morgan fingerprint density at radius 1 is 1.19 bits per heavy atom. The van der Waals surface area contributed by atoms with Crippen LogP contribution < -0.4 is 5.56 Å². The predicted molar refractivity (Wildman–Crippen MR) is 104 cm³/mol. The van der Waals surface area contributed by atoms with Crippen LogP contribution in [-0.2, 0) is 0 Å². The number of rotatable bonds is 3. The van der Waals surface area contributed by atoms with Gasteiger partial charge in [0.2, 0.25) is 5.88 Å². The molecule has 140 valence electrons. The normalized spacial score (nSPS) is 15.2. The van der Waals surface area contributed by atoms with E-state index in [1.807, 2.05) is 13.0 Å². The molecule has 6 nitrogen and oxygen atoms in total. The van der Waals surface area contributed by atoms with Crippen molar-refractivity contribution in [2.75, 3.05) is 0 Å². The lowest BCUT2D eigenvalue weighted by atomic mass is 9.94. The lowest BCUT2D eigenvalue weighted by Gasteiger charge is -2.25. The molecule has 1 heterocycles. The topological polar surface area (TPSA) is 90.7 Å². The van der Waals surface area contributed by atoms with E-state index in [9.17, 15) is 15.2 Å². The van der Waals surface area contributed by atoms with Gasteiger partial charge in [0.15, 0.2) is 5.69 Å². The number of benzene rings is 1. The molecule has 0 saturated heterocycles. The molecule has 3 rings (SSSR count). The van der Waals surface area contributed by atoms with Crippen molar-refractivity contribution in [2.45, 2.75) is 52.0 Å². The fourth-order valence-electron chi connectivity index (χ4n) is 3.52. The van der Waals surface area contributed by atoms with Crippen LogP contribution >= 0.6 is 11.6 Å². The number of nitrogens with zero attached hydrogens (tertiary/aromatic N) is 4. The summed E-state index contributed by atoms with van der Waals surface area (Å²) < 4.78 is 1.32. The third-order valence-electron chi connectivity index (χ3n) is 5.15.